The molecule has 300 valence electrons. The second-order valence-electron chi connectivity index (χ2n) is 17.9. The van der Waals surface area contributed by atoms with Gasteiger partial charge in [-0.1, -0.05) is 64.8 Å². The normalized spacial score (nSPS) is 32.4. The summed E-state index contributed by atoms with van der Waals surface area (Å²) in [6.45, 7) is 20.5. The predicted molar refractivity (Wildman–Crippen MR) is 222 cm³/mol. The monoisotopic (exact) mass is 744 g/mol. The number of hydrogen-bond acceptors (Lipinski definition) is 5. The van der Waals surface area contributed by atoms with Crippen LogP contribution < -0.4 is 11.1 Å². The van der Waals surface area contributed by atoms with Crippen molar-refractivity contribution < 1.29 is 19.5 Å². The Morgan fingerprint density at radius 3 is 2.30 bits per heavy atom. The first-order valence-electron chi connectivity index (χ1n) is 20.6. The Balaban J connectivity index is 0.000000716. The third kappa shape index (κ3) is 9.37. The number of allylic oxidation sites excluding steroid dienone is 1. The van der Waals surface area contributed by atoms with Gasteiger partial charge in [-0.2, -0.15) is 0 Å². The van der Waals surface area contributed by atoms with E-state index in [9.17, 15) is 4.79 Å². The molecule has 5 aliphatic rings. The van der Waals surface area contributed by atoms with Crippen LogP contribution in [0.5, 0.6) is 0 Å². The first kappa shape index (κ1) is 45.1. The number of primary amides is 1. The Hall–Kier alpha value is -3.32. The van der Waals surface area contributed by atoms with Gasteiger partial charge in [-0.3, -0.25) is 14.6 Å². The van der Waals surface area contributed by atoms with Gasteiger partial charge in [0.05, 0.1) is 12.2 Å². The number of rotatable bonds is 6. The molecule has 1 aromatic heterocycles. The number of aryl methyl sites for hydroxylation is 2. The lowest BCUT2D eigenvalue weighted by Crippen LogP contribution is -2.61. The van der Waals surface area contributed by atoms with Gasteiger partial charge in [-0.05, 0) is 171 Å². The van der Waals surface area contributed by atoms with Crippen LogP contribution in [0.1, 0.15) is 145 Å². The fraction of sp³-hybridized carbons (Fsp3) is 0.660. The number of hydrogen-bond donors (Lipinski definition) is 3. The summed E-state index contributed by atoms with van der Waals surface area (Å²) in [5.74, 6) is 4.65. The van der Waals surface area contributed by atoms with Crippen molar-refractivity contribution >= 4 is 19.1 Å². The largest absolute Gasteiger partial charge is 0.400 e. The van der Waals surface area contributed by atoms with Gasteiger partial charge in [0.25, 0.3) is 5.91 Å². The number of carbonyl (C=O) groups is 3. The Bertz CT molecular complexity index is 1500. The maximum Gasteiger partial charge on any atom is 0.251 e. The van der Waals surface area contributed by atoms with E-state index in [1.807, 2.05) is 38.8 Å². The number of carbonyl (C=O) groups excluding carboxylic acids is 3. The molecule has 1 aromatic carbocycles. The zero-order chi connectivity index (χ0) is 40.2. The molecule has 7 rings (SSSR count). The molecular formula is C47H73N3O4. The van der Waals surface area contributed by atoms with Crippen molar-refractivity contribution in [3.8, 4) is 0 Å². The molecule has 1 heterocycles. The molecule has 5 aliphatic carbocycles. The van der Waals surface area contributed by atoms with Gasteiger partial charge >= 0.3 is 0 Å². The molecule has 8 atom stereocenters. The second-order valence-corrected chi connectivity index (χ2v) is 17.9. The van der Waals surface area contributed by atoms with Gasteiger partial charge < -0.3 is 21.0 Å². The summed E-state index contributed by atoms with van der Waals surface area (Å²) in [5.41, 5.74) is 10.5. The number of nitrogens with one attached hydrogen (secondary N) is 1. The van der Waals surface area contributed by atoms with Crippen molar-refractivity contribution in [2.45, 2.75) is 138 Å². The van der Waals surface area contributed by atoms with Crippen molar-refractivity contribution in [1.29, 1.82) is 0 Å². The van der Waals surface area contributed by atoms with Gasteiger partial charge in [0, 0.05) is 18.9 Å². The van der Waals surface area contributed by atoms with E-state index in [1.165, 1.54) is 89.0 Å². The quantitative estimate of drug-likeness (QED) is 0.201. The first-order chi connectivity index (χ1) is 25.9. The summed E-state index contributed by atoms with van der Waals surface area (Å²) in [6, 6.07) is 12.5. The summed E-state index contributed by atoms with van der Waals surface area (Å²) in [7, 11) is 1.00. The van der Waals surface area contributed by atoms with Gasteiger partial charge in [-0.15, -0.1) is 6.58 Å². The molecule has 0 radical (unpaired) electrons. The molecule has 0 saturated heterocycles. The number of amides is 2. The SMILES string of the molecule is C=CC.C=O.CO.Cc1cccnc1CNC(=O)c1cccc(CCC23CCCC2C2CCC4C(C)(CCC5C(C)(C)CCCC54C)C2CC3)c1.NC=O. The van der Waals surface area contributed by atoms with E-state index in [0.717, 1.165) is 59.9 Å². The van der Waals surface area contributed by atoms with E-state index in [1.54, 1.807) is 12.3 Å². The third-order valence-electron chi connectivity index (χ3n) is 15.1. The molecule has 8 unspecified atom stereocenters. The molecule has 4 N–H and O–H groups in total. The minimum Gasteiger partial charge on any atom is -0.400 e. The lowest BCUT2D eigenvalue weighted by Gasteiger charge is -2.68. The fourth-order valence-electron chi connectivity index (χ4n) is 13.1. The smallest absolute Gasteiger partial charge is 0.251 e. The van der Waals surface area contributed by atoms with Crippen molar-refractivity contribution in [3.05, 3.63) is 77.6 Å². The molecule has 2 aromatic rings. The van der Waals surface area contributed by atoms with Crippen LogP contribution in [0.2, 0.25) is 0 Å². The van der Waals surface area contributed by atoms with Crippen LogP contribution in [0.15, 0.2) is 55.3 Å². The molecule has 7 heteroatoms. The number of aromatic nitrogens is 1. The van der Waals surface area contributed by atoms with Crippen LogP contribution in [-0.4, -0.2) is 36.3 Å². The summed E-state index contributed by atoms with van der Waals surface area (Å²) >= 11 is 0. The number of aliphatic hydroxyl groups excluding tert-OH is 1. The van der Waals surface area contributed by atoms with E-state index in [-0.39, 0.29) is 12.3 Å². The summed E-state index contributed by atoms with van der Waals surface area (Å²) < 4.78 is 0. The van der Waals surface area contributed by atoms with Crippen LogP contribution >= 0.6 is 0 Å². The number of nitrogens with two attached hydrogens (primary N) is 1. The zero-order valence-electron chi connectivity index (χ0n) is 34.8. The highest BCUT2D eigenvalue weighted by Crippen LogP contribution is 2.73. The Morgan fingerprint density at radius 1 is 0.907 bits per heavy atom. The van der Waals surface area contributed by atoms with Crippen LogP contribution in [0.4, 0.5) is 0 Å². The van der Waals surface area contributed by atoms with E-state index in [4.69, 9.17) is 14.7 Å². The molecular weight excluding hydrogens is 671 g/mol. The Morgan fingerprint density at radius 2 is 1.61 bits per heavy atom. The Kier molecular flexibility index (Phi) is 16.7. The molecule has 0 bridgehead atoms. The van der Waals surface area contributed by atoms with Crippen LogP contribution in [0.3, 0.4) is 0 Å². The standard InChI is InChI=1S/C41H58N2O.C3H6.CH3NO.CH4O.CH2O/c1-28-10-8-25-42-34(28)27-43-37(44)30-12-6-11-29(26-30)16-23-41-21-7-13-33(41)31-14-15-36-39(4,32(31)17-24-41)22-18-35-38(2,3)19-9-20-40(35,36)5;1-3-2;2-1-3;2*1-2/h6,8,10-12,25-26,31-33,35-36H,7,9,13-24,27H2,1-5H3,(H,43,44);3H,1H2,2H3;1H,(H2,2,3);2H,1H3;1H2. The maximum absolute atomic E-state index is 13.1. The van der Waals surface area contributed by atoms with E-state index < -0.39 is 0 Å². The lowest BCUT2D eigenvalue weighted by atomic mass is 9.36. The molecule has 2 amide bonds. The molecule has 5 fully saturated rings. The highest BCUT2D eigenvalue weighted by Gasteiger charge is 2.65. The Labute approximate surface area is 327 Å². The van der Waals surface area contributed by atoms with Crippen molar-refractivity contribution in [2.24, 2.45) is 57.0 Å². The highest BCUT2D eigenvalue weighted by atomic mass is 16.2. The third-order valence-corrected chi connectivity index (χ3v) is 15.1. The van der Waals surface area contributed by atoms with Crippen LogP contribution in [0.25, 0.3) is 0 Å². The average molecular weight is 744 g/mol. The van der Waals surface area contributed by atoms with Gasteiger partial charge in [0.1, 0.15) is 6.79 Å². The van der Waals surface area contributed by atoms with Crippen LogP contribution in [0, 0.1) is 58.2 Å². The number of fused-ring (bicyclic) bond motifs is 7. The zero-order valence-corrected chi connectivity index (χ0v) is 34.8. The lowest BCUT2D eigenvalue weighted by molar-refractivity contribution is -0.195. The number of nitrogens with zero attached hydrogens (tertiary/aromatic N) is 1. The van der Waals surface area contributed by atoms with Gasteiger partial charge in [0.2, 0.25) is 6.41 Å². The number of pyridine rings is 1. The van der Waals surface area contributed by atoms with E-state index in [2.05, 4.69) is 68.5 Å². The van der Waals surface area contributed by atoms with Crippen molar-refractivity contribution in [3.63, 3.8) is 0 Å². The van der Waals surface area contributed by atoms with Gasteiger partial charge in [0.15, 0.2) is 0 Å². The summed E-state index contributed by atoms with van der Waals surface area (Å²) in [4.78, 5) is 34.1. The van der Waals surface area contributed by atoms with E-state index in [0.29, 0.717) is 28.2 Å². The highest BCUT2D eigenvalue weighted by molar-refractivity contribution is 5.94. The minimum atomic E-state index is 0.00379. The van der Waals surface area contributed by atoms with Crippen molar-refractivity contribution in [1.82, 2.24) is 10.3 Å². The molecule has 54 heavy (non-hydrogen) atoms. The molecule has 0 aliphatic heterocycles. The predicted octanol–water partition coefficient (Wildman–Crippen LogP) is 9.83. The van der Waals surface area contributed by atoms with E-state index >= 15 is 0 Å². The van der Waals surface area contributed by atoms with Crippen molar-refractivity contribution in [2.75, 3.05) is 7.11 Å². The summed E-state index contributed by atoms with van der Waals surface area (Å²) in [5, 5.41) is 10.1. The topological polar surface area (TPSA) is 122 Å². The first-order valence-corrected chi connectivity index (χ1v) is 20.6. The molecule has 7 nitrogen and oxygen atoms in total. The average Bonchev–Trinajstić information content (AvgIpc) is 3.60. The fourth-order valence-corrected chi connectivity index (χ4v) is 13.1. The van der Waals surface area contributed by atoms with Crippen LogP contribution in [-0.2, 0) is 22.6 Å². The number of benzene rings is 1. The minimum absolute atomic E-state index is 0.00379. The maximum atomic E-state index is 13.1. The number of aliphatic hydroxyl groups is 1. The van der Waals surface area contributed by atoms with Gasteiger partial charge in [-0.25, -0.2) is 0 Å². The second kappa shape index (κ2) is 20.0. The molecule has 5 saturated carbocycles. The summed E-state index contributed by atoms with van der Waals surface area (Å²) in [6.07, 6.45) is 23.7. The molecule has 0 spiro atoms.